The Bertz CT molecular complexity index is 819. The van der Waals surface area contributed by atoms with Crippen molar-refractivity contribution in [2.45, 2.75) is 31.7 Å². The Kier molecular flexibility index (Phi) is 4.29. The number of aliphatic hydroxyl groups is 1. The molecule has 10 heteroatoms. The van der Waals surface area contributed by atoms with Crippen molar-refractivity contribution >= 4 is 23.8 Å². The maximum absolute atomic E-state index is 13.6. The van der Waals surface area contributed by atoms with Crippen LogP contribution in [0, 0.1) is 17.8 Å². The van der Waals surface area contributed by atoms with Gasteiger partial charge in [-0.1, -0.05) is 12.7 Å². The number of nitrogens with zero attached hydrogens (tertiary/aromatic N) is 4. The summed E-state index contributed by atoms with van der Waals surface area (Å²) in [6, 6.07) is -0.365. The van der Waals surface area contributed by atoms with Gasteiger partial charge in [-0.15, -0.1) is 0 Å². The minimum absolute atomic E-state index is 0.0617. The average molecular weight is 398 g/mol. The van der Waals surface area contributed by atoms with E-state index in [4.69, 9.17) is 5.11 Å². The van der Waals surface area contributed by atoms with E-state index in [9.17, 15) is 23.1 Å². The molecule has 0 unspecified atom stereocenters. The zero-order chi connectivity index (χ0) is 20.4. The molecule has 4 rings (SSSR count). The standard InChI is InChI=1S/C18H21F3N4O3/c1-3-9-15(18(19,20)21)22-17(25-7-13(26)8(25)2)23-16(9)24-5-11-10(4-14(27)28)12(11)6-24/h3,8,10-13,26H,1,4-7H2,2H3,(H,27,28)/t8-,10-,11-,12+,13-/m1/s1. The number of rotatable bonds is 5. The number of aliphatic hydroxyl groups excluding tert-OH is 1. The van der Waals surface area contributed by atoms with E-state index < -0.39 is 23.9 Å². The highest BCUT2D eigenvalue weighted by Crippen LogP contribution is 2.54. The highest BCUT2D eigenvalue weighted by molar-refractivity contribution is 5.70. The van der Waals surface area contributed by atoms with Gasteiger partial charge in [0.1, 0.15) is 5.82 Å². The second-order valence-corrected chi connectivity index (χ2v) is 7.77. The van der Waals surface area contributed by atoms with Crippen LogP contribution in [-0.4, -0.2) is 57.9 Å². The van der Waals surface area contributed by atoms with Crippen molar-refractivity contribution in [2.24, 2.45) is 17.8 Å². The van der Waals surface area contributed by atoms with Gasteiger partial charge in [0, 0.05) is 31.6 Å². The number of aliphatic carboxylic acids is 1. The molecule has 1 aliphatic carbocycles. The Morgan fingerprint density at radius 2 is 1.93 bits per heavy atom. The first-order chi connectivity index (χ1) is 13.1. The van der Waals surface area contributed by atoms with Gasteiger partial charge in [0.05, 0.1) is 12.1 Å². The molecular weight excluding hydrogens is 377 g/mol. The Labute approximate surface area is 159 Å². The van der Waals surface area contributed by atoms with Crippen LogP contribution in [0.3, 0.4) is 0 Å². The number of aromatic nitrogens is 2. The summed E-state index contributed by atoms with van der Waals surface area (Å²) in [5.74, 6) is -0.352. The molecule has 2 saturated heterocycles. The number of piperidine rings is 1. The van der Waals surface area contributed by atoms with Crippen LogP contribution < -0.4 is 9.80 Å². The molecule has 3 aliphatic rings. The Morgan fingerprint density at radius 3 is 2.39 bits per heavy atom. The molecule has 0 bridgehead atoms. The van der Waals surface area contributed by atoms with Crippen LogP contribution in [-0.2, 0) is 11.0 Å². The molecule has 5 atom stereocenters. The van der Waals surface area contributed by atoms with Gasteiger partial charge < -0.3 is 20.0 Å². The monoisotopic (exact) mass is 398 g/mol. The number of anilines is 2. The summed E-state index contributed by atoms with van der Waals surface area (Å²) in [5, 5.41) is 18.7. The van der Waals surface area contributed by atoms with Crippen molar-refractivity contribution in [1.29, 1.82) is 0 Å². The van der Waals surface area contributed by atoms with Crippen molar-refractivity contribution in [3.05, 3.63) is 17.8 Å². The van der Waals surface area contributed by atoms with Crippen molar-refractivity contribution in [3.8, 4) is 0 Å². The van der Waals surface area contributed by atoms with E-state index in [1.165, 1.54) is 0 Å². The quantitative estimate of drug-likeness (QED) is 0.783. The van der Waals surface area contributed by atoms with Crippen LogP contribution >= 0.6 is 0 Å². The van der Waals surface area contributed by atoms with Gasteiger partial charge in [-0.25, -0.2) is 4.98 Å². The lowest BCUT2D eigenvalue weighted by Crippen LogP contribution is -2.59. The molecular formula is C18H21F3N4O3. The van der Waals surface area contributed by atoms with Crippen molar-refractivity contribution in [3.63, 3.8) is 0 Å². The smallest absolute Gasteiger partial charge is 0.434 e. The number of fused-ring (bicyclic) bond motifs is 1. The summed E-state index contributed by atoms with van der Waals surface area (Å²) in [7, 11) is 0. The third-order valence-corrected chi connectivity index (χ3v) is 6.16. The summed E-state index contributed by atoms with van der Waals surface area (Å²) < 4.78 is 40.9. The number of hydrogen-bond acceptors (Lipinski definition) is 6. The Morgan fingerprint density at radius 1 is 1.29 bits per heavy atom. The molecule has 2 aliphatic heterocycles. The highest BCUT2D eigenvalue weighted by Gasteiger charge is 2.57. The van der Waals surface area contributed by atoms with E-state index in [2.05, 4.69) is 16.5 Å². The minimum Gasteiger partial charge on any atom is -0.481 e. The molecule has 0 spiro atoms. The van der Waals surface area contributed by atoms with Gasteiger partial charge in [0.15, 0.2) is 5.69 Å². The number of β-amino-alcohol motifs (C(OH)–C–C–N with tert-alkyl or cyclic N) is 1. The van der Waals surface area contributed by atoms with Gasteiger partial charge >= 0.3 is 12.1 Å². The molecule has 2 N–H and O–H groups in total. The van der Waals surface area contributed by atoms with Gasteiger partial charge in [-0.05, 0) is 24.7 Å². The van der Waals surface area contributed by atoms with E-state index in [0.29, 0.717) is 13.1 Å². The lowest BCUT2D eigenvalue weighted by atomic mass is 10.0. The lowest BCUT2D eigenvalue weighted by molar-refractivity contribution is -0.141. The lowest BCUT2D eigenvalue weighted by Gasteiger charge is -2.43. The SMILES string of the molecule is C=Cc1c(N2C[C@@H]3[C@@H](CC(=O)O)[C@@H]3C2)nc(N2C[C@@H](O)[C@H]2C)nc1C(F)(F)F. The normalized spacial score (nSPS) is 31.4. The molecule has 7 nitrogen and oxygen atoms in total. The zero-order valence-corrected chi connectivity index (χ0v) is 15.2. The third-order valence-electron chi connectivity index (χ3n) is 6.16. The molecule has 3 heterocycles. The maximum Gasteiger partial charge on any atom is 0.434 e. The van der Waals surface area contributed by atoms with Crippen LogP contribution in [0.2, 0.25) is 0 Å². The van der Waals surface area contributed by atoms with E-state index in [0.717, 1.165) is 6.08 Å². The summed E-state index contributed by atoms with van der Waals surface area (Å²) >= 11 is 0. The zero-order valence-electron chi connectivity index (χ0n) is 15.2. The predicted molar refractivity (Wildman–Crippen MR) is 94.9 cm³/mol. The number of carboxylic acids is 1. The number of carbonyl (C=O) groups is 1. The van der Waals surface area contributed by atoms with E-state index >= 15 is 0 Å². The van der Waals surface area contributed by atoms with Crippen LogP contribution in [0.25, 0.3) is 6.08 Å². The van der Waals surface area contributed by atoms with Gasteiger partial charge in [0.2, 0.25) is 5.95 Å². The number of halogens is 3. The average Bonchev–Trinajstić information content (AvgIpc) is 3.05. The van der Waals surface area contributed by atoms with Crippen LogP contribution in [0.5, 0.6) is 0 Å². The van der Waals surface area contributed by atoms with Gasteiger partial charge in [-0.2, -0.15) is 18.2 Å². The molecule has 28 heavy (non-hydrogen) atoms. The summed E-state index contributed by atoms with van der Waals surface area (Å²) in [6.45, 7) is 6.33. The van der Waals surface area contributed by atoms with E-state index in [-0.39, 0.29) is 54.1 Å². The molecule has 1 aromatic rings. The topological polar surface area (TPSA) is 89.8 Å². The fraction of sp³-hybridized carbons (Fsp3) is 0.611. The second kappa shape index (κ2) is 6.33. The van der Waals surface area contributed by atoms with E-state index in [1.54, 1.807) is 16.7 Å². The maximum atomic E-state index is 13.6. The second-order valence-electron chi connectivity index (χ2n) is 7.77. The number of alkyl halides is 3. The molecule has 0 amide bonds. The molecule has 1 saturated carbocycles. The fourth-order valence-electron chi connectivity index (χ4n) is 4.40. The summed E-state index contributed by atoms with van der Waals surface area (Å²) in [4.78, 5) is 22.3. The van der Waals surface area contributed by atoms with E-state index in [1.807, 2.05) is 0 Å². The van der Waals surface area contributed by atoms with Crippen molar-refractivity contribution in [2.75, 3.05) is 29.4 Å². The van der Waals surface area contributed by atoms with Crippen LogP contribution in [0.15, 0.2) is 6.58 Å². The molecule has 3 fully saturated rings. The van der Waals surface area contributed by atoms with Gasteiger partial charge in [-0.3, -0.25) is 4.79 Å². The first kappa shape index (κ1) is 19.0. The minimum atomic E-state index is -4.67. The Balaban J connectivity index is 1.67. The van der Waals surface area contributed by atoms with Crippen LogP contribution in [0.4, 0.5) is 24.9 Å². The first-order valence-electron chi connectivity index (χ1n) is 9.15. The molecule has 152 valence electrons. The third kappa shape index (κ3) is 2.99. The van der Waals surface area contributed by atoms with Crippen LogP contribution in [0.1, 0.15) is 24.6 Å². The van der Waals surface area contributed by atoms with Gasteiger partial charge in [0.25, 0.3) is 0 Å². The van der Waals surface area contributed by atoms with Crippen molar-refractivity contribution < 1.29 is 28.2 Å². The summed E-state index contributed by atoms with van der Waals surface area (Å²) in [5.41, 5.74) is -1.21. The Hall–Kier alpha value is -2.36. The number of carboxylic acid groups (broad SMARTS) is 1. The predicted octanol–water partition coefficient (Wildman–Crippen LogP) is 1.86. The molecule has 0 radical (unpaired) electrons. The highest BCUT2D eigenvalue weighted by atomic mass is 19.4. The number of hydrogen-bond donors (Lipinski definition) is 2. The summed E-state index contributed by atoms with van der Waals surface area (Å²) in [6.07, 6.45) is -4.09. The fourth-order valence-corrected chi connectivity index (χ4v) is 4.40. The molecule has 1 aromatic heterocycles. The molecule has 0 aromatic carbocycles. The first-order valence-corrected chi connectivity index (χ1v) is 9.15. The van der Waals surface area contributed by atoms with Crippen molar-refractivity contribution in [1.82, 2.24) is 9.97 Å². The largest absolute Gasteiger partial charge is 0.481 e.